The van der Waals surface area contributed by atoms with Crippen LogP contribution in [0.2, 0.25) is 0 Å². The van der Waals surface area contributed by atoms with Crippen LogP contribution in [0.4, 0.5) is 0 Å². The van der Waals surface area contributed by atoms with E-state index in [1.54, 1.807) is 0 Å². The van der Waals surface area contributed by atoms with Gasteiger partial charge in [-0.2, -0.15) is 0 Å². The highest BCUT2D eigenvalue weighted by molar-refractivity contribution is 5.82. The Labute approximate surface area is 96.7 Å². The topological polar surface area (TPSA) is 47.6 Å². The molecule has 0 amide bonds. The fraction of sp³-hybridized carbons (Fsp3) is 0.917. The van der Waals surface area contributed by atoms with Crippen LogP contribution in [-0.2, 0) is 14.3 Å². The molecule has 4 nitrogen and oxygen atoms in total. The lowest BCUT2D eigenvalue weighted by atomic mass is 9.99. The molecule has 1 heterocycles. The fourth-order valence-electron chi connectivity index (χ4n) is 2.11. The van der Waals surface area contributed by atoms with Crippen LogP contribution in [0.5, 0.6) is 0 Å². The van der Waals surface area contributed by atoms with Crippen LogP contribution in [-0.4, -0.2) is 37.9 Å². The average Bonchev–Trinajstić information content (AvgIpc) is 3.09. The molecule has 0 bridgehead atoms. The number of hydrogen-bond donors (Lipinski definition) is 1. The monoisotopic (exact) mass is 227 g/mol. The van der Waals surface area contributed by atoms with Gasteiger partial charge < -0.3 is 14.8 Å². The standard InChI is InChI=1S/C12H21NO3/c1-2-15-11(14)12(5-6-12)16-9-10-3-7-13-8-4-10/h10,13H,2-9H2,1H3. The van der Waals surface area contributed by atoms with Crippen LogP contribution in [0.1, 0.15) is 32.6 Å². The summed E-state index contributed by atoms with van der Waals surface area (Å²) in [5.74, 6) is 0.442. The lowest BCUT2D eigenvalue weighted by Gasteiger charge is -2.24. The van der Waals surface area contributed by atoms with Crippen LogP contribution in [0.15, 0.2) is 0 Å². The van der Waals surface area contributed by atoms with Crippen LogP contribution >= 0.6 is 0 Å². The molecule has 0 aromatic rings. The second kappa shape index (κ2) is 5.15. The molecular weight excluding hydrogens is 206 g/mol. The maximum absolute atomic E-state index is 11.6. The molecule has 1 aliphatic heterocycles. The van der Waals surface area contributed by atoms with Crippen molar-refractivity contribution in [2.75, 3.05) is 26.3 Å². The second-order valence-corrected chi connectivity index (χ2v) is 4.72. The quantitative estimate of drug-likeness (QED) is 0.714. The summed E-state index contributed by atoms with van der Waals surface area (Å²) in [5.41, 5.74) is -0.569. The van der Waals surface area contributed by atoms with Gasteiger partial charge in [0.2, 0.25) is 0 Å². The van der Waals surface area contributed by atoms with E-state index in [4.69, 9.17) is 9.47 Å². The molecule has 0 radical (unpaired) electrons. The first-order valence-electron chi connectivity index (χ1n) is 6.29. The highest BCUT2D eigenvalue weighted by Gasteiger charge is 2.53. The van der Waals surface area contributed by atoms with E-state index < -0.39 is 5.60 Å². The minimum atomic E-state index is -0.569. The van der Waals surface area contributed by atoms with Crippen molar-refractivity contribution in [2.45, 2.75) is 38.2 Å². The van der Waals surface area contributed by atoms with Crippen molar-refractivity contribution in [3.63, 3.8) is 0 Å². The molecule has 4 heteroatoms. The van der Waals surface area contributed by atoms with Gasteiger partial charge in [0.15, 0.2) is 5.60 Å². The van der Waals surface area contributed by atoms with E-state index in [2.05, 4.69) is 5.32 Å². The predicted octanol–water partition coefficient (Wildman–Crippen LogP) is 1.10. The minimum Gasteiger partial charge on any atom is -0.464 e. The second-order valence-electron chi connectivity index (χ2n) is 4.72. The molecule has 0 spiro atoms. The van der Waals surface area contributed by atoms with Gasteiger partial charge in [-0.05, 0) is 51.6 Å². The lowest BCUT2D eigenvalue weighted by Crippen LogP contribution is -2.34. The number of ether oxygens (including phenoxy) is 2. The Balaban J connectivity index is 1.74. The molecule has 1 saturated carbocycles. The molecule has 1 aliphatic carbocycles. The van der Waals surface area contributed by atoms with Crippen LogP contribution in [0, 0.1) is 5.92 Å². The molecule has 2 fully saturated rings. The number of hydrogen-bond acceptors (Lipinski definition) is 4. The summed E-state index contributed by atoms with van der Waals surface area (Å²) >= 11 is 0. The van der Waals surface area contributed by atoms with Crippen LogP contribution in [0.3, 0.4) is 0 Å². The van der Waals surface area contributed by atoms with Crippen LogP contribution in [0.25, 0.3) is 0 Å². The highest BCUT2D eigenvalue weighted by atomic mass is 16.6. The normalized spacial score (nSPS) is 24.1. The molecule has 0 atom stereocenters. The summed E-state index contributed by atoms with van der Waals surface area (Å²) in [6.07, 6.45) is 3.96. The van der Waals surface area contributed by atoms with Gasteiger partial charge in [0.05, 0.1) is 13.2 Å². The van der Waals surface area contributed by atoms with Gasteiger partial charge in [-0.25, -0.2) is 4.79 Å². The zero-order valence-corrected chi connectivity index (χ0v) is 9.96. The molecule has 1 N–H and O–H groups in total. The Kier molecular flexibility index (Phi) is 3.82. The Hall–Kier alpha value is -0.610. The van der Waals surface area contributed by atoms with E-state index in [-0.39, 0.29) is 5.97 Å². The molecule has 2 aliphatic rings. The zero-order chi connectivity index (χ0) is 11.4. The fourth-order valence-corrected chi connectivity index (χ4v) is 2.11. The molecule has 16 heavy (non-hydrogen) atoms. The van der Waals surface area contributed by atoms with E-state index in [1.807, 2.05) is 6.92 Å². The Bertz CT molecular complexity index is 245. The first-order valence-corrected chi connectivity index (χ1v) is 6.29. The molecular formula is C12H21NO3. The minimum absolute atomic E-state index is 0.163. The third-order valence-corrected chi connectivity index (χ3v) is 3.41. The number of carbonyl (C=O) groups excluding carboxylic acids is 1. The van der Waals surface area contributed by atoms with Crippen molar-refractivity contribution >= 4 is 5.97 Å². The van der Waals surface area contributed by atoms with Crippen molar-refractivity contribution in [1.29, 1.82) is 0 Å². The third kappa shape index (κ3) is 2.74. The van der Waals surface area contributed by atoms with Crippen molar-refractivity contribution in [3.8, 4) is 0 Å². The zero-order valence-electron chi connectivity index (χ0n) is 9.96. The first kappa shape index (κ1) is 11.9. The smallest absolute Gasteiger partial charge is 0.338 e. The van der Waals surface area contributed by atoms with Gasteiger partial charge >= 0.3 is 5.97 Å². The summed E-state index contributed by atoms with van der Waals surface area (Å²) in [6, 6.07) is 0. The maximum Gasteiger partial charge on any atom is 0.338 e. The number of nitrogens with one attached hydrogen (secondary N) is 1. The molecule has 92 valence electrons. The van der Waals surface area contributed by atoms with E-state index in [0.717, 1.165) is 38.8 Å². The molecule has 0 aromatic heterocycles. The lowest BCUT2D eigenvalue weighted by molar-refractivity contribution is -0.161. The summed E-state index contributed by atoms with van der Waals surface area (Å²) in [5, 5.41) is 3.32. The Morgan fingerprint density at radius 1 is 1.38 bits per heavy atom. The highest BCUT2D eigenvalue weighted by Crippen LogP contribution is 2.41. The van der Waals surface area contributed by atoms with Gasteiger partial charge in [-0.3, -0.25) is 0 Å². The maximum atomic E-state index is 11.6. The number of esters is 1. The number of piperidine rings is 1. The Morgan fingerprint density at radius 3 is 2.62 bits per heavy atom. The molecule has 2 rings (SSSR count). The van der Waals surface area contributed by atoms with Gasteiger partial charge in [0.1, 0.15) is 0 Å². The van der Waals surface area contributed by atoms with Gasteiger partial charge in [-0.1, -0.05) is 0 Å². The van der Waals surface area contributed by atoms with E-state index >= 15 is 0 Å². The largest absolute Gasteiger partial charge is 0.464 e. The van der Waals surface area contributed by atoms with Crippen molar-refractivity contribution < 1.29 is 14.3 Å². The van der Waals surface area contributed by atoms with Gasteiger partial charge in [-0.15, -0.1) is 0 Å². The molecule has 0 unspecified atom stereocenters. The van der Waals surface area contributed by atoms with E-state index in [1.165, 1.54) is 0 Å². The summed E-state index contributed by atoms with van der Waals surface area (Å²) < 4.78 is 10.8. The molecule has 1 saturated heterocycles. The van der Waals surface area contributed by atoms with Crippen molar-refractivity contribution in [2.24, 2.45) is 5.92 Å². The predicted molar refractivity (Wildman–Crippen MR) is 60.1 cm³/mol. The van der Waals surface area contributed by atoms with E-state index in [0.29, 0.717) is 19.1 Å². The van der Waals surface area contributed by atoms with Crippen molar-refractivity contribution in [1.82, 2.24) is 5.32 Å². The number of rotatable bonds is 5. The van der Waals surface area contributed by atoms with Crippen molar-refractivity contribution in [3.05, 3.63) is 0 Å². The average molecular weight is 227 g/mol. The summed E-state index contributed by atoms with van der Waals surface area (Å²) in [4.78, 5) is 11.6. The Morgan fingerprint density at radius 2 is 2.06 bits per heavy atom. The third-order valence-electron chi connectivity index (χ3n) is 3.41. The summed E-state index contributed by atoms with van der Waals surface area (Å²) in [7, 11) is 0. The van der Waals surface area contributed by atoms with E-state index in [9.17, 15) is 4.79 Å². The SMILES string of the molecule is CCOC(=O)C1(OCC2CCNCC2)CC1. The molecule has 0 aromatic carbocycles. The first-order chi connectivity index (χ1) is 7.77. The van der Waals surface area contributed by atoms with Crippen LogP contribution < -0.4 is 5.32 Å². The summed E-state index contributed by atoms with van der Waals surface area (Å²) in [6.45, 7) is 5.12. The number of carbonyl (C=O) groups is 1. The van der Waals surface area contributed by atoms with Gasteiger partial charge in [0, 0.05) is 0 Å². The van der Waals surface area contributed by atoms with Gasteiger partial charge in [0.25, 0.3) is 0 Å².